The molecule has 2 rings (SSSR count). The van der Waals surface area contributed by atoms with Crippen LogP contribution in [-0.4, -0.2) is 164 Å². The number of imidazole rings is 1. The minimum Gasteiger partial charge on any atom is -0.481 e. The largest absolute Gasteiger partial charge is 0.481 e. The molecule has 0 saturated heterocycles. The summed E-state index contributed by atoms with van der Waals surface area (Å²) in [4.78, 5) is 150. The van der Waals surface area contributed by atoms with Crippen LogP contribution < -0.4 is 59.3 Å². The van der Waals surface area contributed by atoms with Crippen LogP contribution in [0.25, 0.3) is 0 Å². The molecule has 27 nitrogen and oxygen atoms in total. The molecule has 2 aromatic rings. The molecule has 0 aliphatic carbocycles. The molecule has 27 heteroatoms. The normalized spacial score (nSPS) is 14.7. The Balaban J connectivity index is 2.22. The highest BCUT2D eigenvalue weighted by Crippen LogP contribution is 2.11. The Morgan fingerprint density at radius 3 is 1.66 bits per heavy atom. The van der Waals surface area contributed by atoms with Crippen LogP contribution >= 0.6 is 0 Å². The number of nitrogens with two attached hydrogens (primary N) is 2. The topological polar surface area (TPSA) is 437 Å². The number of carbonyl (C=O) groups is 11. The summed E-state index contributed by atoms with van der Waals surface area (Å²) in [7, 11) is 0. The maximum atomic E-state index is 14.0. The second-order valence-electron chi connectivity index (χ2n) is 18.3. The van der Waals surface area contributed by atoms with E-state index >= 15 is 0 Å². The van der Waals surface area contributed by atoms with Crippen molar-refractivity contribution in [1.82, 2.24) is 57.8 Å². The van der Waals surface area contributed by atoms with Gasteiger partial charge in [-0.2, -0.15) is 0 Å². The Morgan fingerprint density at radius 2 is 1.12 bits per heavy atom. The van der Waals surface area contributed by atoms with E-state index in [4.69, 9.17) is 11.5 Å². The van der Waals surface area contributed by atoms with E-state index in [-0.39, 0.29) is 32.2 Å². The third kappa shape index (κ3) is 22.1. The average molecular weight is 1040 g/mol. The van der Waals surface area contributed by atoms with E-state index in [1.807, 2.05) is 0 Å². The SMILES string of the molecule is CC(C)[C@H](NC(=O)[C@@H](NC(=O)[C@H](Cc1cnc[nH]1)NC(=O)[C@H](CCCCN)NC(=O)[C@H](CO)NC(=O)[C@H](CCC(=O)O)NC(=O)CNC(=O)[C@H](C)NC(=O)[C@H](Cc1ccccc1)NC(=O)[C@H](C)N)C(C)C)C(=O)O. The van der Waals surface area contributed by atoms with Gasteiger partial charge in [0.15, 0.2) is 0 Å². The molecule has 9 amide bonds. The lowest BCUT2D eigenvalue weighted by atomic mass is 9.99. The fourth-order valence-corrected chi connectivity index (χ4v) is 6.99. The number of unbranched alkanes of at least 4 members (excludes halogenated alkanes) is 1. The molecule has 1 aromatic heterocycles. The fourth-order valence-electron chi connectivity index (χ4n) is 6.99. The fraction of sp³-hybridized carbons (Fsp3) is 0.574. The van der Waals surface area contributed by atoms with Gasteiger partial charge in [-0.15, -0.1) is 0 Å². The van der Waals surface area contributed by atoms with Gasteiger partial charge in [0.25, 0.3) is 0 Å². The van der Waals surface area contributed by atoms with Gasteiger partial charge in [-0.1, -0.05) is 58.0 Å². The zero-order chi connectivity index (χ0) is 55.7. The lowest BCUT2D eigenvalue weighted by Gasteiger charge is -2.28. The summed E-state index contributed by atoms with van der Waals surface area (Å²) in [5.41, 5.74) is 12.4. The Kier molecular flexibility index (Phi) is 26.9. The van der Waals surface area contributed by atoms with Crippen LogP contribution in [0.5, 0.6) is 0 Å². The number of aliphatic hydroxyl groups excluding tert-OH is 1. The molecular weight excluding hydrogens is 971 g/mol. The second kappa shape index (κ2) is 31.8. The molecule has 0 radical (unpaired) electrons. The van der Waals surface area contributed by atoms with E-state index < -0.39 is 157 Å². The molecule has 0 fully saturated rings. The van der Waals surface area contributed by atoms with Gasteiger partial charge in [0.05, 0.1) is 25.5 Å². The molecular formula is C47H73N13O14. The number of carbonyl (C=O) groups excluding carboxylic acids is 9. The zero-order valence-corrected chi connectivity index (χ0v) is 42.4. The third-order valence-electron chi connectivity index (χ3n) is 11.3. The van der Waals surface area contributed by atoms with Gasteiger partial charge in [-0.3, -0.25) is 47.9 Å². The van der Waals surface area contributed by atoms with Crippen molar-refractivity contribution in [1.29, 1.82) is 0 Å². The van der Waals surface area contributed by atoms with Gasteiger partial charge in [-0.25, -0.2) is 9.78 Å². The summed E-state index contributed by atoms with van der Waals surface area (Å²) in [6.45, 7) is 7.53. The number of hydrogen-bond donors (Lipinski definition) is 15. The Labute approximate surface area is 428 Å². The lowest BCUT2D eigenvalue weighted by Crippen LogP contribution is -2.61. The van der Waals surface area contributed by atoms with Crippen LogP contribution in [0.1, 0.15) is 84.9 Å². The third-order valence-corrected chi connectivity index (χ3v) is 11.3. The summed E-state index contributed by atoms with van der Waals surface area (Å²) >= 11 is 0. The van der Waals surface area contributed by atoms with Crippen LogP contribution in [0, 0.1) is 11.8 Å². The van der Waals surface area contributed by atoms with Crippen molar-refractivity contribution in [3.63, 3.8) is 0 Å². The predicted molar refractivity (Wildman–Crippen MR) is 264 cm³/mol. The first kappa shape index (κ1) is 62.6. The highest BCUT2D eigenvalue weighted by Gasteiger charge is 2.35. The molecule has 0 saturated carbocycles. The Bertz CT molecular complexity index is 2210. The molecule has 0 spiro atoms. The monoisotopic (exact) mass is 1040 g/mol. The van der Waals surface area contributed by atoms with E-state index in [9.17, 15) is 68.1 Å². The first-order valence-electron chi connectivity index (χ1n) is 24.1. The molecule has 0 aliphatic heterocycles. The van der Waals surface area contributed by atoms with Gasteiger partial charge in [0, 0.05) is 31.2 Å². The molecule has 0 bridgehead atoms. The number of carboxylic acids is 2. The van der Waals surface area contributed by atoms with Crippen LogP contribution in [0.3, 0.4) is 0 Å². The van der Waals surface area contributed by atoms with E-state index in [2.05, 4.69) is 57.8 Å². The maximum absolute atomic E-state index is 14.0. The van der Waals surface area contributed by atoms with Crippen LogP contribution in [0.2, 0.25) is 0 Å². The van der Waals surface area contributed by atoms with E-state index in [0.717, 1.165) is 0 Å². The van der Waals surface area contributed by atoms with Gasteiger partial charge in [0.2, 0.25) is 53.2 Å². The average Bonchev–Trinajstić information content (AvgIpc) is 3.86. The Hall–Kier alpha value is -7.52. The second-order valence-corrected chi connectivity index (χ2v) is 18.3. The van der Waals surface area contributed by atoms with Crippen molar-refractivity contribution < 1.29 is 68.1 Å². The molecule has 0 unspecified atom stereocenters. The van der Waals surface area contributed by atoms with E-state index in [1.54, 1.807) is 58.0 Å². The summed E-state index contributed by atoms with van der Waals surface area (Å²) < 4.78 is 0. The highest BCUT2D eigenvalue weighted by atomic mass is 16.4. The minimum absolute atomic E-state index is 0.0568. The molecule has 9 atom stereocenters. The van der Waals surface area contributed by atoms with Crippen molar-refractivity contribution in [2.45, 2.75) is 141 Å². The highest BCUT2D eigenvalue weighted by molar-refractivity contribution is 5.98. The van der Waals surface area contributed by atoms with Gasteiger partial charge in [-0.05, 0) is 63.5 Å². The number of aliphatic hydroxyl groups is 1. The lowest BCUT2D eigenvalue weighted by molar-refractivity contribution is -0.144. The van der Waals surface area contributed by atoms with Gasteiger partial charge in [0.1, 0.15) is 48.3 Å². The van der Waals surface area contributed by atoms with Crippen molar-refractivity contribution in [2.75, 3.05) is 19.7 Å². The number of aromatic nitrogens is 2. The summed E-state index contributed by atoms with van der Waals surface area (Å²) in [6, 6.07) is -3.43. The van der Waals surface area contributed by atoms with Gasteiger partial charge >= 0.3 is 11.9 Å². The summed E-state index contributed by atoms with van der Waals surface area (Å²) in [5.74, 6) is -11.7. The van der Waals surface area contributed by atoms with Crippen molar-refractivity contribution in [2.24, 2.45) is 23.3 Å². The smallest absolute Gasteiger partial charge is 0.326 e. The molecule has 410 valence electrons. The maximum Gasteiger partial charge on any atom is 0.326 e. The van der Waals surface area contributed by atoms with Crippen molar-refractivity contribution in [3.05, 3.63) is 54.1 Å². The van der Waals surface area contributed by atoms with Crippen LogP contribution in [0.4, 0.5) is 0 Å². The van der Waals surface area contributed by atoms with Crippen LogP contribution in [-0.2, 0) is 65.6 Å². The number of benzene rings is 1. The van der Waals surface area contributed by atoms with E-state index in [0.29, 0.717) is 17.7 Å². The first-order valence-corrected chi connectivity index (χ1v) is 24.1. The standard InChI is InChI=1S/C47H73N13O14/c1-24(2)37(46(72)60-38(25(3)4)47(73)74)59-44(70)33(19-29-20-50-23-52-29)57-41(67)30(14-10-11-17-48)55-45(71)34(22-61)58-42(68)31(15-16-36(63)64)54-35(62)21-51-40(66)27(6)53-43(69)32(56-39(65)26(5)49)18-28-12-8-7-9-13-28/h7-9,12-13,20,23-27,30-34,37-38,61H,10-11,14-19,21-22,48-49H2,1-6H3,(H,50,52)(H,51,66)(H,53,69)(H,54,62)(H,55,71)(H,56,65)(H,57,67)(H,58,68)(H,59,70)(H,60,72)(H,63,64)(H,73,74)/t26-,27-,30-,31-,32-,33-,34-,37-,38-/m0/s1. The van der Waals surface area contributed by atoms with Crippen molar-refractivity contribution >= 4 is 65.1 Å². The number of amides is 9. The predicted octanol–water partition coefficient (Wildman–Crippen LogP) is -4.06. The number of aromatic amines is 1. The van der Waals surface area contributed by atoms with Crippen LogP contribution in [0.15, 0.2) is 42.9 Å². The number of rotatable bonds is 33. The quantitative estimate of drug-likeness (QED) is 0.0303. The minimum atomic E-state index is -1.79. The number of H-pyrrole nitrogens is 1. The number of carboxylic acid groups (broad SMARTS) is 2. The molecule has 17 N–H and O–H groups in total. The summed E-state index contributed by atoms with van der Waals surface area (Å²) in [5, 5.41) is 51.2. The number of aliphatic carboxylic acids is 2. The molecule has 1 heterocycles. The zero-order valence-electron chi connectivity index (χ0n) is 42.4. The summed E-state index contributed by atoms with van der Waals surface area (Å²) in [6.07, 6.45) is 1.99. The molecule has 0 aliphatic rings. The Morgan fingerprint density at radius 1 is 0.595 bits per heavy atom. The van der Waals surface area contributed by atoms with E-state index in [1.165, 1.54) is 26.4 Å². The van der Waals surface area contributed by atoms with Crippen molar-refractivity contribution in [3.8, 4) is 0 Å². The molecule has 1 aromatic carbocycles. The number of nitrogens with zero attached hydrogens (tertiary/aromatic N) is 1. The number of hydrogen-bond acceptors (Lipinski definition) is 15. The van der Waals surface area contributed by atoms with Gasteiger partial charge < -0.3 is 79.6 Å². The molecule has 74 heavy (non-hydrogen) atoms. The first-order chi connectivity index (χ1) is 34.9. The number of nitrogens with one attached hydrogen (secondary N) is 10.